The van der Waals surface area contributed by atoms with E-state index in [9.17, 15) is 0 Å². The monoisotopic (exact) mass is 212 g/mol. The molecule has 3 aliphatic rings. The molecule has 0 radical (unpaired) electrons. The molecular formula is C13H12N2O. The number of amidine groups is 1. The highest BCUT2D eigenvalue weighted by atomic mass is 16.5. The van der Waals surface area contributed by atoms with Crippen LogP contribution in [0.3, 0.4) is 0 Å². The number of rotatable bonds is 0. The van der Waals surface area contributed by atoms with Crippen LogP contribution in [0.5, 0.6) is 0 Å². The van der Waals surface area contributed by atoms with Gasteiger partial charge in [0.05, 0.1) is 13.2 Å². The molecule has 0 bridgehead atoms. The van der Waals surface area contributed by atoms with Gasteiger partial charge in [0.2, 0.25) is 0 Å². The van der Waals surface area contributed by atoms with Crippen LogP contribution in [0.4, 0.5) is 0 Å². The summed E-state index contributed by atoms with van der Waals surface area (Å²) in [6.45, 7) is 2.65. The number of ether oxygens (including phenoxy) is 1. The Morgan fingerprint density at radius 2 is 2.06 bits per heavy atom. The van der Waals surface area contributed by atoms with Crippen molar-refractivity contribution in [2.75, 3.05) is 19.7 Å². The van der Waals surface area contributed by atoms with Crippen LogP contribution >= 0.6 is 0 Å². The van der Waals surface area contributed by atoms with Crippen molar-refractivity contribution in [1.29, 1.82) is 0 Å². The van der Waals surface area contributed by atoms with Gasteiger partial charge in [-0.2, -0.15) is 0 Å². The van der Waals surface area contributed by atoms with Crippen molar-refractivity contribution in [2.24, 2.45) is 4.99 Å². The zero-order valence-corrected chi connectivity index (χ0v) is 8.94. The second kappa shape index (κ2) is 2.88. The molecule has 0 aromatic heterocycles. The lowest BCUT2D eigenvalue weighted by atomic mass is 9.94. The largest absolute Gasteiger partial charge is 0.478 e. The molecule has 1 aromatic rings. The predicted octanol–water partition coefficient (Wildman–Crippen LogP) is 1.85. The first-order chi connectivity index (χ1) is 7.95. The van der Waals surface area contributed by atoms with Crippen LogP contribution in [0.15, 0.2) is 35.1 Å². The standard InChI is InChI=1S/C13H12N2O/c1-2-4-10-9(3-1)11-5-8-16-13(11)15-7-6-14-12(10)15/h1-4H,5-8H2. The zero-order valence-electron chi connectivity index (χ0n) is 8.94. The highest BCUT2D eigenvalue weighted by Gasteiger charge is 2.35. The second-order valence-electron chi connectivity index (χ2n) is 4.28. The molecule has 3 heterocycles. The van der Waals surface area contributed by atoms with Gasteiger partial charge in [0.25, 0.3) is 0 Å². The fourth-order valence-corrected chi connectivity index (χ4v) is 2.75. The highest BCUT2D eigenvalue weighted by Crippen LogP contribution is 2.39. The molecule has 3 heteroatoms. The summed E-state index contributed by atoms with van der Waals surface area (Å²) in [6, 6.07) is 8.51. The summed E-state index contributed by atoms with van der Waals surface area (Å²) in [5, 5.41) is 0. The Labute approximate surface area is 94.0 Å². The van der Waals surface area contributed by atoms with E-state index in [1.807, 2.05) is 0 Å². The van der Waals surface area contributed by atoms with Crippen LogP contribution in [0.2, 0.25) is 0 Å². The Kier molecular flexibility index (Phi) is 1.51. The smallest absolute Gasteiger partial charge is 0.199 e. The van der Waals surface area contributed by atoms with Crippen molar-refractivity contribution in [2.45, 2.75) is 6.42 Å². The molecule has 0 N–H and O–H groups in total. The second-order valence-corrected chi connectivity index (χ2v) is 4.28. The van der Waals surface area contributed by atoms with Crippen LogP contribution in [0, 0.1) is 0 Å². The number of hydrogen-bond donors (Lipinski definition) is 0. The van der Waals surface area contributed by atoms with Crippen molar-refractivity contribution in [3.05, 3.63) is 41.3 Å². The summed E-state index contributed by atoms with van der Waals surface area (Å²) >= 11 is 0. The number of aliphatic imine (C=N–C) groups is 1. The lowest BCUT2D eigenvalue weighted by Gasteiger charge is -2.27. The fraction of sp³-hybridized carbons (Fsp3) is 0.308. The maximum absolute atomic E-state index is 5.75. The Morgan fingerprint density at radius 1 is 1.19 bits per heavy atom. The molecular weight excluding hydrogens is 200 g/mol. The maximum Gasteiger partial charge on any atom is 0.199 e. The quantitative estimate of drug-likeness (QED) is 0.655. The first kappa shape index (κ1) is 8.39. The van der Waals surface area contributed by atoms with Crippen molar-refractivity contribution < 1.29 is 4.74 Å². The first-order valence-corrected chi connectivity index (χ1v) is 5.73. The molecule has 3 nitrogen and oxygen atoms in total. The zero-order chi connectivity index (χ0) is 10.5. The van der Waals surface area contributed by atoms with Crippen molar-refractivity contribution in [3.8, 4) is 0 Å². The summed E-state index contributed by atoms with van der Waals surface area (Å²) in [7, 11) is 0. The van der Waals surface area contributed by atoms with Crippen LogP contribution in [0.1, 0.15) is 17.5 Å². The molecule has 0 unspecified atom stereocenters. The van der Waals surface area contributed by atoms with Crippen LogP contribution in [0.25, 0.3) is 5.57 Å². The SMILES string of the molecule is c1ccc2c(c1)C1=NCCN1C1=C2CCO1. The number of hydrogen-bond acceptors (Lipinski definition) is 3. The molecule has 80 valence electrons. The first-order valence-electron chi connectivity index (χ1n) is 5.73. The van der Waals surface area contributed by atoms with E-state index < -0.39 is 0 Å². The molecule has 0 fully saturated rings. The summed E-state index contributed by atoms with van der Waals surface area (Å²) < 4.78 is 5.75. The van der Waals surface area contributed by atoms with Crippen LogP contribution in [-0.2, 0) is 4.74 Å². The molecule has 0 saturated carbocycles. The van der Waals surface area contributed by atoms with Crippen molar-refractivity contribution >= 4 is 11.4 Å². The molecule has 3 aliphatic heterocycles. The number of fused-ring (bicyclic) bond motifs is 5. The molecule has 0 aliphatic carbocycles. The Hall–Kier alpha value is -1.77. The van der Waals surface area contributed by atoms with Gasteiger partial charge in [-0.15, -0.1) is 0 Å². The highest BCUT2D eigenvalue weighted by molar-refractivity contribution is 6.07. The van der Waals surface area contributed by atoms with Gasteiger partial charge in [-0.05, 0) is 5.56 Å². The van der Waals surface area contributed by atoms with E-state index in [4.69, 9.17) is 4.74 Å². The van der Waals surface area contributed by atoms with Crippen molar-refractivity contribution in [1.82, 2.24) is 4.90 Å². The molecule has 0 amide bonds. The Balaban J connectivity index is 2.03. The number of benzene rings is 1. The van der Waals surface area contributed by atoms with Crippen molar-refractivity contribution in [3.63, 3.8) is 0 Å². The van der Waals surface area contributed by atoms with Gasteiger partial charge in [0.15, 0.2) is 5.88 Å². The maximum atomic E-state index is 5.75. The van der Waals surface area contributed by atoms with E-state index in [-0.39, 0.29) is 0 Å². The van der Waals surface area contributed by atoms with Gasteiger partial charge in [-0.1, -0.05) is 24.3 Å². The lowest BCUT2D eigenvalue weighted by molar-refractivity contribution is 0.181. The van der Waals surface area contributed by atoms with E-state index >= 15 is 0 Å². The molecule has 4 rings (SSSR count). The molecule has 1 aromatic carbocycles. The average Bonchev–Trinajstić information content (AvgIpc) is 2.98. The third kappa shape index (κ3) is 0.907. The minimum absolute atomic E-state index is 0.808. The van der Waals surface area contributed by atoms with E-state index in [1.165, 1.54) is 16.7 Å². The van der Waals surface area contributed by atoms with E-state index in [2.05, 4.69) is 34.2 Å². The normalized spacial score (nSPS) is 21.2. The van der Waals surface area contributed by atoms with Gasteiger partial charge in [0.1, 0.15) is 5.84 Å². The lowest BCUT2D eigenvalue weighted by Crippen LogP contribution is -2.32. The van der Waals surface area contributed by atoms with E-state index in [0.717, 1.165) is 37.8 Å². The van der Waals surface area contributed by atoms with E-state index in [1.54, 1.807) is 0 Å². The van der Waals surface area contributed by atoms with Gasteiger partial charge in [0, 0.05) is 24.1 Å². The Morgan fingerprint density at radius 3 is 3.00 bits per heavy atom. The summed E-state index contributed by atoms with van der Waals surface area (Å²) in [5.74, 6) is 2.14. The molecule has 0 spiro atoms. The summed E-state index contributed by atoms with van der Waals surface area (Å²) in [5.41, 5.74) is 3.94. The molecule has 0 saturated heterocycles. The average molecular weight is 212 g/mol. The molecule has 16 heavy (non-hydrogen) atoms. The van der Waals surface area contributed by atoms with Crippen LogP contribution < -0.4 is 0 Å². The molecule has 0 atom stereocenters. The van der Waals surface area contributed by atoms with Gasteiger partial charge in [-0.3, -0.25) is 9.89 Å². The Bertz CT molecular complexity index is 530. The van der Waals surface area contributed by atoms with Crippen LogP contribution in [-0.4, -0.2) is 30.4 Å². The fourth-order valence-electron chi connectivity index (χ4n) is 2.75. The third-order valence-corrected chi connectivity index (χ3v) is 3.43. The minimum atomic E-state index is 0.808. The third-order valence-electron chi connectivity index (χ3n) is 3.43. The summed E-state index contributed by atoms with van der Waals surface area (Å²) in [4.78, 5) is 6.81. The van der Waals surface area contributed by atoms with Gasteiger partial charge in [-0.25, -0.2) is 0 Å². The van der Waals surface area contributed by atoms with Gasteiger partial charge < -0.3 is 4.74 Å². The topological polar surface area (TPSA) is 24.8 Å². The number of nitrogens with zero attached hydrogens (tertiary/aromatic N) is 2. The van der Waals surface area contributed by atoms with Gasteiger partial charge >= 0.3 is 0 Å². The predicted molar refractivity (Wildman–Crippen MR) is 62.0 cm³/mol. The minimum Gasteiger partial charge on any atom is -0.478 e. The van der Waals surface area contributed by atoms with E-state index in [0.29, 0.717) is 0 Å². The summed E-state index contributed by atoms with van der Waals surface area (Å²) in [6.07, 6.45) is 1.02.